The van der Waals surface area contributed by atoms with E-state index in [0.29, 0.717) is 16.6 Å². The number of nitrogen functional groups attached to an aromatic ring is 1. The monoisotopic (exact) mass is 239 g/mol. The zero-order chi connectivity index (χ0) is 11.7. The van der Waals surface area contributed by atoms with Gasteiger partial charge in [0.05, 0.1) is 13.5 Å². The van der Waals surface area contributed by atoms with Crippen molar-refractivity contribution < 1.29 is 9.53 Å². The van der Waals surface area contributed by atoms with Crippen molar-refractivity contribution in [3.8, 4) is 0 Å². The van der Waals surface area contributed by atoms with Crippen LogP contribution < -0.4 is 5.73 Å². The molecule has 0 aromatic heterocycles. The summed E-state index contributed by atoms with van der Waals surface area (Å²) in [6.45, 7) is 0. The van der Waals surface area contributed by atoms with Crippen LogP contribution in [0.25, 0.3) is 0 Å². The van der Waals surface area contributed by atoms with Gasteiger partial charge in [0.25, 0.3) is 0 Å². The average Bonchev–Trinajstić information content (AvgIpc) is 3.05. The summed E-state index contributed by atoms with van der Waals surface area (Å²) in [5.74, 6) is 0.264. The minimum Gasteiger partial charge on any atom is -0.469 e. The van der Waals surface area contributed by atoms with E-state index in [0.717, 1.165) is 11.1 Å². The molecule has 1 saturated carbocycles. The molecule has 0 atom stereocenters. The first-order valence-corrected chi connectivity index (χ1v) is 5.64. The van der Waals surface area contributed by atoms with Crippen LogP contribution in [-0.2, 0) is 16.0 Å². The maximum Gasteiger partial charge on any atom is 0.310 e. The Kier molecular flexibility index (Phi) is 3.06. The highest BCUT2D eigenvalue weighted by molar-refractivity contribution is 6.31. The molecule has 1 aliphatic rings. The van der Waals surface area contributed by atoms with Crippen molar-refractivity contribution in [1.82, 2.24) is 0 Å². The number of benzene rings is 1. The van der Waals surface area contributed by atoms with Crippen LogP contribution in [0.4, 0.5) is 5.69 Å². The SMILES string of the molecule is COC(=O)Cc1cc(C2CC2)c(Cl)cc1N. The van der Waals surface area contributed by atoms with E-state index in [1.54, 1.807) is 6.07 Å². The number of carbonyl (C=O) groups excluding carboxylic acids is 1. The van der Waals surface area contributed by atoms with Crippen LogP contribution in [0.3, 0.4) is 0 Å². The Morgan fingerprint density at radius 3 is 2.81 bits per heavy atom. The third-order valence-electron chi connectivity index (χ3n) is 2.84. The van der Waals surface area contributed by atoms with Gasteiger partial charge in [-0.3, -0.25) is 4.79 Å². The summed E-state index contributed by atoms with van der Waals surface area (Å²) in [5, 5.41) is 0.702. The highest BCUT2D eigenvalue weighted by Gasteiger charge is 2.26. The van der Waals surface area contributed by atoms with Gasteiger partial charge in [-0.2, -0.15) is 0 Å². The fourth-order valence-electron chi connectivity index (χ4n) is 1.74. The van der Waals surface area contributed by atoms with E-state index in [1.165, 1.54) is 20.0 Å². The number of ether oxygens (including phenoxy) is 1. The van der Waals surface area contributed by atoms with E-state index in [9.17, 15) is 4.79 Å². The third-order valence-corrected chi connectivity index (χ3v) is 3.17. The molecule has 0 radical (unpaired) electrons. The van der Waals surface area contributed by atoms with Gasteiger partial charge in [0, 0.05) is 10.7 Å². The van der Waals surface area contributed by atoms with Crippen molar-refractivity contribution in [1.29, 1.82) is 0 Å². The molecule has 2 rings (SSSR count). The third kappa shape index (κ3) is 2.30. The molecule has 0 heterocycles. The largest absolute Gasteiger partial charge is 0.469 e. The predicted octanol–water partition coefficient (Wildman–Crippen LogP) is 2.52. The Hall–Kier alpha value is -1.22. The Labute approximate surface area is 99.5 Å². The number of hydrogen-bond acceptors (Lipinski definition) is 3. The lowest BCUT2D eigenvalue weighted by Gasteiger charge is -2.09. The Morgan fingerprint density at radius 2 is 2.25 bits per heavy atom. The zero-order valence-electron chi connectivity index (χ0n) is 9.13. The summed E-state index contributed by atoms with van der Waals surface area (Å²) in [4.78, 5) is 11.2. The van der Waals surface area contributed by atoms with Crippen LogP contribution in [0.2, 0.25) is 5.02 Å². The fourth-order valence-corrected chi connectivity index (χ4v) is 2.07. The highest BCUT2D eigenvalue weighted by Crippen LogP contribution is 2.44. The molecule has 0 unspecified atom stereocenters. The van der Waals surface area contributed by atoms with E-state index >= 15 is 0 Å². The van der Waals surface area contributed by atoms with Crippen molar-refractivity contribution in [2.45, 2.75) is 25.2 Å². The number of hydrogen-bond donors (Lipinski definition) is 1. The van der Waals surface area contributed by atoms with E-state index in [4.69, 9.17) is 17.3 Å². The summed E-state index contributed by atoms with van der Waals surface area (Å²) in [7, 11) is 1.37. The van der Waals surface area contributed by atoms with Crippen molar-refractivity contribution in [3.05, 3.63) is 28.3 Å². The van der Waals surface area contributed by atoms with Gasteiger partial charge in [-0.25, -0.2) is 0 Å². The summed E-state index contributed by atoms with van der Waals surface area (Å²) in [6.07, 6.45) is 2.54. The smallest absolute Gasteiger partial charge is 0.310 e. The van der Waals surface area contributed by atoms with Crippen molar-refractivity contribution in [2.24, 2.45) is 0 Å². The van der Waals surface area contributed by atoms with Gasteiger partial charge in [0.2, 0.25) is 0 Å². The fraction of sp³-hybridized carbons (Fsp3) is 0.417. The molecule has 0 bridgehead atoms. The summed E-state index contributed by atoms with van der Waals surface area (Å²) >= 11 is 6.11. The number of anilines is 1. The molecule has 0 aliphatic heterocycles. The Morgan fingerprint density at radius 1 is 1.56 bits per heavy atom. The first-order chi connectivity index (χ1) is 7.61. The van der Waals surface area contributed by atoms with E-state index < -0.39 is 0 Å². The van der Waals surface area contributed by atoms with Crippen molar-refractivity contribution in [2.75, 3.05) is 12.8 Å². The van der Waals surface area contributed by atoms with Crippen molar-refractivity contribution >= 4 is 23.3 Å². The summed E-state index contributed by atoms with van der Waals surface area (Å²) in [5.41, 5.74) is 8.29. The number of methoxy groups -OCH3 is 1. The molecular formula is C12H14ClNO2. The number of rotatable bonds is 3. The van der Waals surface area contributed by atoms with Crippen LogP contribution in [0, 0.1) is 0 Å². The molecule has 2 N–H and O–H groups in total. The molecule has 86 valence electrons. The first kappa shape index (κ1) is 11.3. The molecule has 0 amide bonds. The lowest BCUT2D eigenvalue weighted by atomic mass is 10.0. The maximum absolute atomic E-state index is 11.2. The molecular weight excluding hydrogens is 226 g/mol. The lowest BCUT2D eigenvalue weighted by molar-refractivity contribution is -0.139. The summed E-state index contributed by atoms with van der Waals surface area (Å²) < 4.78 is 4.63. The predicted molar refractivity (Wildman–Crippen MR) is 63.6 cm³/mol. The number of halogens is 1. The lowest BCUT2D eigenvalue weighted by Crippen LogP contribution is -2.07. The molecule has 3 nitrogen and oxygen atoms in total. The normalized spacial score (nSPS) is 14.9. The molecule has 1 aromatic carbocycles. The van der Waals surface area contributed by atoms with Gasteiger partial charge in [-0.15, -0.1) is 0 Å². The summed E-state index contributed by atoms with van der Waals surface area (Å²) in [6, 6.07) is 3.67. The van der Waals surface area contributed by atoms with Crippen LogP contribution >= 0.6 is 11.6 Å². The van der Waals surface area contributed by atoms with E-state index in [2.05, 4.69) is 4.74 Å². The van der Waals surface area contributed by atoms with Crippen LogP contribution in [0.15, 0.2) is 12.1 Å². The van der Waals surface area contributed by atoms with Gasteiger partial charge in [0.1, 0.15) is 0 Å². The maximum atomic E-state index is 11.2. The molecule has 1 fully saturated rings. The molecule has 1 aromatic rings. The van der Waals surface area contributed by atoms with E-state index in [-0.39, 0.29) is 12.4 Å². The second-order valence-electron chi connectivity index (χ2n) is 4.10. The Bertz CT molecular complexity index is 427. The van der Waals surface area contributed by atoms with Gasteiger partial charge >= 0.3 is 5.97 Å². The molecule has 0 saturated heterocycles. The molecule has 1 aliphatic carbocycles. The van der Waals surface area contributed by atoms with Gasteiger partial charge in [0.15, 0.2) is 0 Å². The quantitative estimate of drug-likeness (QED) is 0.651. The van der Waals surface area contributed by atoms with Gasteiger partial charge < -0.3 is 10.5 Å². The second kappa shape index (κ2) is 4.34. The Balaban J connectivity index is 2.29. The number of carbonyl (C=O) groups is 1. The zero-order valence-corrected chi connectivity index (χ0v) is 9.88. The highest BCUT2D eigenvalue weighted by atomic mass is 35.5. The topological polar surface area (TPSA) is 52.3 Å². The molecule has 16 heavy (non-hydrogen) atoms. The van der Waals surface area contributed by atoms with Crippen molar-refractivity contribution in [3.63, 3.8) is 0 Å². The van der Waals surface area contributed by atoms with E-state index in [1.807, 2.05) is 6.07 Å². The first-order valence-electron chi connectivity index (χ1n) is 5.26. The number of nitrogens with two attached hydrogens (primary N) is 1. The van der Waals surface area contributed by atoms with Gasteiger partial charge in [-0.1, -0.05) is 17.7 Å². The number of esters is 1. The van der Waals surface area contributed by atoms with Gasteiger partial charge in [-0.05, 0) is 36.0 Å². The van der Waals surface area contributed by atoms with Crippen LogP contribution in [-0.4, -0.2) is 13.1 Å². The average molecular weight is 240 g/mol. The minimum absolute atomic E-state index is 0.208. The minimum atomic E-state index is -0.282. The second-order valence-corrected chi connectivity index (χ2v) is 4.51. The standard InChI is InChI=1S/C12H14ClNO2/c1-16-12(15)5-8-4-9(7-2-3-7)10(13)6-11(8)14/h4,6-7H,2-3,5,14H2,1H3. The molecule has 4 heteroatoms. The van der Waals surface area contributed by atoms with Crippen LogP contribution in [0.5, 0.6) is 0 Å². The molecule has 0 spiro atoms. The van der Waals surface area contributed by atoms with Crippen LogP contribution in [0.1, 0.15) is 29.9 Å².